The number of rotatable bonds is 10. The van der Waals surface area contributed by atoms with E-state index in [9.17, 15) is 4.79 Å². The van der Waals surface area contributed by atoms with Crippen LogP contribution in [0.3, 0.4) is 0 Å². The van der Waals surface area contributed by atoms with Crippen molar-refractivity contribution in [1.29, 1.82) is 0 Å². The van der Waals surface area contributed by atoms with E-state index in [1.54, 1.807) is 0 Å². The summed E-state index contributed by atoms with van der Waals surface area (Å²) in [4.78, 5) is 10.8. The highest BCUT2D eigenvalue weighted by atomic mass is 28.3. The summed E-state index contributed by atoms with van der Waals surface area (Å²) in [7, 11) is -0.996. The second kappa shape index (κ2) is 9.46. The van der Waals surface area contributed by atoms with Crippen LogP contribution in [-0.4, -0.2) is 20.7 Å². The van der Waals surface area contributed by atoms with Crippen molar-refractivity contribution in [2.45, 2.75) is 64.2 Å². The zero-order valence-corrected chi connectivity index (χ0v) is 12.8. The number of esters is 1. The second-order valence-electron chi connectivity index (χ2n) is 5.14. The van der Waals surface area contributed by atoms with Crippen molar-refractivity contribution in [3.63, 3.8) is 0 Å². The Morgan fingerprint density at radius 2 is 1.76 bits per heavy atom. The maximum absolute atomic E-state index is 10.8. The molecule has 0 aromatic carbocycles. The Labute approximate surface area is 107 Å². The quantitative estimate of drug-likeness (QED) is 0.251. The SMILES string of the molecule is C=CC(=O)OCCCC[Si](C)(CCC)CCC. The predicted molar refractivity (Wildman–Crippen MR) is 77.0 cm³/mol. The number of carbonyl (C=O) groups is 1. The lowest BCUT2D eigenvalue weighted by atomic mass is 10.3. The molecule has 0 aliphatic rings. The van der Waals surface area contributed by atoms with Crippen molar-refractivity contribution < 1.29 is 9.53 Å². The minimum absolute atomic E-state index is 0.299. The zero-order chi connectivity index (χ0) is 13.1. The second-order valence-corrected chi connectivity index (χ2v) is 10.3. The van der Waals surface area contributed by atoms with Crippen LogP contribution in [0.15, 0.2) is 12.7 Å². The summed E-state index contributed by atoms with van der Waals surface area (Å²) >= 11 is 0. The van der Waals surface area contributed by atoms with Gasteiger partial charge in [-0.25, -0.2) is 4.79 Å². The first-order chi connectivity index (χ1) is 8.08. The summed E-state index contributed by atoms with van der Waals surface area (Å²) in [5.41, 5.74) is 0. The summed E-state index contributed by atoms with van der Waals surface area (Å²) in [6, 6.07) is 4.25. The van der Waals surface area contributed by atoms with Crippen molar-refractivity contribution >= 4 is 14.0 Å². The highest BCUT2D eigenvalue weighted by Crippen LogP contribution is 2.26. The molecule has 0 saturated heterocycles. The molecular formula is C14H28O2Si. The molecule has 0 atom stereocenters. The smallest absolute Gasteiger partial charge is 0.330 e. The van der Waals surface area contributed by atoms with Gasteiger partial charge in [0.1, 0.15) is 0 Å². The molecular weight excluding hydrogens is 228 g/mol. The molecule has 17 heavy (non-hydrogen) atoms. The average molecular weight is 256 g/mol. The van der Waals surface area contributed by atoms with E-state index >= 15 is 0 Å². The molecule has 0 N–H and O–H groups in total. The maximum Gasteiger partial charge on any atom is 0.330 e. The van der Waals surface area contributed by atoms with Gasteiger partial charge in [0, 0.05) is 6.08 Å². The Morgan fingerprint density at radius 1 is 1.18 bits per heavy atom. The van der Waals surface area contributed by atoms with Crippen LogP contribution in [0.1, 0.15) is 39.5 Å². The average Bonchev–Trinajstić information content (AvgIpc) is 2.29. The molecule has 100 valence electrons. The summed E-state index contributed by atoms with van der Waals surface area (Å²) in [6.07, 6.45) is 6.05. The van der Waals surface area contributed by atoms with Gasteiger partial charge in [0.2, 0.25) is 0 Å². The molecule has 2 nitrogen and oxygen atoms in total. The lowest BCUT2D eigenvalue weighted by molar-refractivity contribution is -0.137. The molecule has 0 unspecified atom stereocenters. The number of unbranched alkanes of at least 4 members (excludes halogenated alkanes) is 1. The van der Waals surface area contributed by atoms with Gasteiger partial charge in [0.15, 0.2) is 0 Å². The number of carbonyl (C=O) groups excluding carboxylic acids is 1. The molecule has 0 aliphatic carbocycles. The van der Waals surface area contributed by atoms with E-state index in [-0.39, 0.29) is 5.97 Å². The number of hydrogen-bond donors (Lipinski definition) is 0. The molecule has 0 fully saturated rings. The van der Waals surface area contributed by atoms with Gasteiger partial charge in [-0.05, 0) is 6.42 Å². The first kappa shape index (κ1) is 16.4. The Bertz CT molecular complexity index is 220. The first-order valence-corrected chi connectivity index (χ1v) is 9.99. The first-order valence-electron chi connectivity index (χ1n) is 6.87. The largest absolute Gasteiger partial charge is 0.463 e. The van der Waals surface area contributed by atoms with E-state index in [0.29, 0.717) is 6.61 Å². The topological polar surface area (TPSA) is 26.3 Å². The molecule has 0 radical (unpaired) electrons. The van der Waals surface area contributed by atoms with Crippen LogP contribution in [0, 0.1) is 0 Å². The van der Waals surface area contributed by atoms with Crippen LogP contribution < -0.4 is 0 Å². The Morgan fingerprint density at radius 3 is 2.24 bits per heavy atom. The Hall–Kier alpha value is -0.573. The molecule has 0 rings (SSSR count). The van der Waals surface area contributed by atoms with Gasteiger partial charge < -0.3 is 4.74 Å². The van der Waals surface area contributed by atoms with Gasteiger partial charge >= 0.3 is 5.97 Å². The molecule has 0 saturated carbocycles. The van der Waals surface area contributed by atoms with E-state index in [2.05, 4.69) is 27.0 Å². The maximum atomic E-state index is 10.8. The lowest BCUT2D eigenvalue weighted by Crippen LogP contribution is -2.29. The fourth-order valence-electron chi connectivity index (χ4n) is 2.47. The van der Waals surface area contributed by atoms with Crippen molar-refractivity contribution in [2.75, 3.05) is 6.61 Å². The Balaban J connectivity index is 3.74. The van der Waals surface area contributed by atoms with E-state index < -0.39 is 8.07 Å². The van der Waals surface area contributed by atoms with Gasteiger partial charge in [-0.15, -0.1) is 0 Å². The van der Waals surface area contributed by atoms with Crippen LogP contribution in [0.4, 0.5) is 0 Å². The summed E-state index contributed by atoms with van der Waals surface area (Å²) in [5, 5.41) is 0. The van der Waals surface area contributed by atoms with Gasteiger partial charge in [-0.3, -0.25) is 0 Å². The third-order valence-electron chi connectivity index (χ3n) is 3.29. The van der Waals surface area contributed by atoms with Crippen molar-refractivity contribution in [3.05, 3.63) is 12.7 Å². The van der Waals surface area contributed by atoms with Gasteiger partial charge in [0.25, 0.3) is 0 Å². The normalized spacial score (nSPS) is 11.2. The van der Waals surface area contributed by atoms with Gasteiger partial charge in [-0.2, -0.15) is 0 Å². The van der Waals surface area contributed by atoms with Crippen LogP contribution in [0.5, 0.6) is 0 Å². The van der Waals surface area contributed by atoms with Gasteiger partial charge in [-0.1, -0.05) is 64.4 Å². The molecule has 0 spiro atoms. The van der Waals surface area contributed by atoms with E-state index in [0.717, 1.165) is 6.42 Å². The van der Waals surface area contributed by atoms with Crippen LogP contribution in [0.2, 0.25) is 24.7 Å². The molecule has 0 heterocycles. The third-order valence-corrected chi connectivity index (χ3v) is 8.27. The van der Waals surface area contributed by atoms with Crippen LogP contribution in [-0.2, 0) is 9.53 Å². The fourth-order valence-corrected chi connectivity index (χ4v) is 6.74. The minimum atomic E-state index is -0.996. The van der Waals surface area contributed by atoms with Crippen LogP contribution in [0.25, 0.3) is 0 Å². The molecule has 0 aliphatic heterocycles. The van der Waals surface area contributed by atoms with Crippen molar-refractivity contribution in [1.82, 2.24) is 0 Å². The fraction of sp³-hybridized carbons (Fsp3) is 0.786. The number of hydrogen-bond acceptors (Lipinski definition) is 2. The number of ether oxygens (including phenoxy) is 1. The Kier molecular flexibility index (Phi) is 9.14. The van der Waals surface area contributed by atoms with E-state index in [4.69, 9.17) is 4.74 Å². The third kappa shape index (κ3) is 8.19. The van der Waals surface area contributed by atoms with Gasteiger partial charge in [0.05, 0.1) is 14.7 Å². The highest BCUT2D eigenvalue weighted by Gasteiger charge is 2.23. The summed E-state index contributed by atoms with van der Waals surface area (Å²) in [5.74, 6) is -0.299. The van der Waals surface area contributed by atoms with E-state index in [1.165, 1.54) is 43.5 Å². The molecule has 0 amide bonds. The lowest BCUT2D eigenvalue weighted by Gasteiger charge is -2.26. The standard InChI is InChI=1S/C14H28O2Si/c1-5-11-17(4,12-6-2)13-9-8-10-16-14(15)7-3/h7H,3,5-6,8-13H2,1-2,4H3. The van der Waals surface area contributed by atoms with Crippen molar-refractivity contribution in [2.24, 2.45) is 0 Å². The predicted octanol–water partition coefficient (Wildman–Crippen LogP) is 4.39. The molecule has 0 bridgehead atoms. The highest BCUT2D eigenvalue weighted by molar-refractivity contribution is 6.78. The minimum Gasteiger partial charge on any atom is -0.463 e. The molecule has 0 aromatic rings. The summed E-state index contributed by atoms with van der Waals surface area (Å²) in [6.45, 7) is 11.0. The van der Waals surface area contributed by atoms with Crippen molar-refractivity contribution in [3.8, 4) is 0 Å². The monoisotopic (exact) mass is 256 g/mol. The molecule has 3 heteroatoms. The van der Waals surface area contributed by atoms with Crippen LogP contribution >= 0.6 is 0 Å². The zero-order valence-electron chi connectivity index (χ0n) is 11.8. The summed E-state index contributed by atoms with van der Waals surface area (Å²) < 4.78 is 4.98. The van der Waals surface area contributed by atoms with E-state index in [1.807, 2.05) is 0 Å². The molecule has 0 aromatic heterocycles.